The molecule has 10 rings (SSSR count). The number of nitrogens with zero attached hydrogens (tertiary/aromatic N) is 4. The van der Waals surface area contributed by atoms with Crippen molar-refractivity contribution < 1.29 is 19.1 Å². The van der Waals surface area contributed by atoms with Crippen molar-refractivity contribution in [2.24, 2.45) is 0 Å². The molecule has 8 heteroatoms. The summed E-state index contributed by atoms with van der Waals surface area (Å²) < 4.78 is 14.9. The number of carbonyl (C=O) groups is 2. The highest BCUT2D eigenvalue weighted by molar-refractivity contribution is 5.93. The van der Waals surface area contributed by atoms with Gasteiger partial charge in [-0.1, -0.05) is 24.3 Å². The standard InChI is InChI=1S/C36H36N4O4/c1-23-5-7-27-25-9-13-37-16-12-32(30(22-37)36(42)44-4)40-20-26(28-8-6-24(2)18-34(28)40)10-14-38-15-11-31(29(21-38)35(41)43-3)39(19-25)33(27)17-23/h5-8,11-12,15-22,31-32H,9-10,13-14H2,1-4H3. The lowest BCUT2D eigenvalue weighted by Gasteiger charge is -2.28. The third-order valence-electron chi connectivity index (χ3n) is 9.03. The van der Waals surface area contributed by atoms with Crippen LogP contribution in [0.5, 0.6) is 0 Å². The van der Waals surface area contributed by atoms with E-state index >= 15 is 0 Å². The van der Waals surface area contributed by atoms with Gasteiger partial charge in [-0.3, -0.25) is 0 Å². The Kier molecular flexibility index (Phi) is 6.92. The zero-order chi connectivity index (χ0) is 30.5. The average Bonchev–Trinajstić information content (AvgIpc) is 3.58. The van der Waals surface area contributed by atoms with E-state index in [4.69, 9.17) is 9.47 Å². The Labute approximate surface area is 256 Å². The molecule has 8 bridgehead atoms. The number of methoxy groups -OCH3 is 2. The molecule has 0 N–H and O–H groups in total. The molecule has 0 saturated carbocycles. The summed E-state index contributed by atoms with van der Waals surface area (Å²) in [5.41, 5.74) is 7.96. The van der Waals surface area contributed by atoms with Gasteiger partial charge in [-0.25, -0.2) is 9.59 Å². The van der Waals surface area contributed by atoms with E-state index in [1.54, 1.807) is 0 Å². The molecule has 8 nitrogen and oxygen atoms in total. The molecule has 6 aliphatic rings. The predicted molar refractivity (Wildman–Crippen MR) is 171 cm³/mol. The SMILES string of the molecule is COC(=O)C1=CN2C=CC1n1cc(c3ccc(C)cc31)CCN1C=CC(C(C(=O)OC)=C1)n1cc(c3ccc(C)cc31)CC2. The lowest BCUT2D eigenvalue weighted by Crippen LogP contribution is -2.26. The molecule has 0 spiro atoms. The van der Waals surface area contributed by atoms with Crippen molar-refractivity contribution in [2.45, 2.75) is 38.8 Å². The lowest BCUT2D eigenvalue weighted by atomic mass is 10.0. The van der Waals surface area contributed by atoms with Crippen LogP contribution in [0.4, 0.5) is 0 Å². The molecule has 2 aromatic carbocycles. The number of aryl methyl sites for hydroxylation is 2. The van der Waals surface area contributed by atoms with Gasteiger partial charge in [-0.05, 0) is 73.2 Å². The van der Waals surface area contributed by atoms with E-state index in [1.165, 1.54) is 25.3 Å². The Hall–Kier alpha value is -4.98. The molecule has 224 valence electrons. The molecular weight excluding hydrogens is 552 g/mol. The Morgan fingerprint density at radius 2 is 1.11 bits per heavy atom. The number of hydrogen-bond acceptors (Lipinski definition) is 6. The van der Waals surface area contributed by atoms with E-state index in [0.29, 0.717) is 24.2 Å². The quantitative estimate of drug-likeness (QED) is 0.273. The first-order valence-corrected chi connectivity index (χ1v) is 15.0. The first kappa shape index (κ1) is 27.8. The number of aromatic nitrogens is 2. The largest absolute Gasteiger partial charge is 0.466 e. The van der Waals surface area contributed by atoms with E-state index < -0.39 is 0 Å². The minimum atomic E-state index is -0.337. The minimum Gasteiger partial charge on any atom is -0.466 e. The normalized spacial score (nSPS) is 19.6. The lowest BCUT2D eigenvalue weighted by molar-refractivity contribution is -0.137. The van der Waals surface area contributed by atoms with Crippen molar-refractivity contribution >= 4 is 33.7 Å². The van der Waals surface area contributed by atoms with Crippen LogP contribution in [0.25, 0.3) is 21.8 Å². The van der Waals surface area contributed by atoms with E-state index in [-0.39, 0.29) is 24.0 Å². The summed E-state index contributed by atoms with van der Waals surface area (Å²) in [7, 11) is 2.88. The highest BCUT2D eigenvalue weighted by Gasteiger charge is 2.30. The smallest absolute Gasteiger partial charge is 0.337 e. The maximum Gasteiger partial charge on any atom is 0.337 e. The van der Waals surface area contributed by atoms with Gasteiger partial charge in [0, 0.05) is 72.1 Å². The first-order chi connectivity index (χ1) is 21.3. The summed E-state index contributed by atoms with van der Waals surface area (Å²) in [6.45, 7) is 5.50. The molecule has 0 radical (unpaired) electrons. The zero-order valence-corrected chi connectivity index (χ0v) is 25.5. The van der Waals surface area contributed by atoms with Crippen molar-refractivity contribution in [3.63, 3.8) is 0 Å². The van der Waals surface area contributed by atoms with Crippen LogP contribution in [0.1, 0.15) is 34.3 Å². The van der Waals surface area contributed by atoms with Gasteiger partial charge >= 0.3 is 11.9 Å². The van der Waals surface area contributed by atoms with Gasteiger partial charge in [0.15, 0.2) is 0 Å². The van der Waals surface area contributed by atoms with Crippen molar-refractivity contribution in [3.8, 4) is 0 Å². The number of allylic oxidation sites excluding steroid dienone is 2. The number of rotatable bonds is 2. The van der Waals surface area contributed by atoms with Gasteiger partial charge in [0.1, 0.15) is 0 Å². The van der Waals surface area contributed by atoms with Crippen LogP contribution in [0.3, 0.4) is 0 Å². The number of fused-ring (bicyclic) bond motifs is 2. The Morgan fingerprint density at radius 3 is 1.52 bits per heavy atom. The van der Waals surface area contributed by atoms with Gasteiger partial charge in [0.05, 0.1) is 37.4 Å². The summed E-state index contributed by atoms with van der Waals surface area (Å²) in [6, 6.07) is 12.3. The third kappa shape index (κ3) is 4.71. The van der Waals surface area contributed by atoms with Crippen LogP contribution in [0.2, 0.25) is 0 Å². The molecular formula is C36H36N4O4. The molecule has 4 aromatic rings. The number of hydrogen-bond donors (Lipinski definition) is 0. The van der Waals surface area contributed by atoms with Gasteiger partial charge in [-0.2, -0.15) is 0 Å². The fourth-order valence-corrected chi connectivity index (χ4v) is 6.76. The summed E-state index contributed by atoms with van der Waals surface area (Å²) in [6.07, 6.45) is 18.0. The number of benzene rings is 2. The monoisotopic (exact) mass is 588 g/mol. The minimum absolute atomic E-state index is 0.304. The van der Waals surface area contributed by atoms with Crippen molar-refractivity contribution in [1.82, 2.24) is 18.9 Å². The maximum absolute atomic E-state index is 13.2. The van der Waals surface area contributed by atoms with Crippen LogP contribution < -0.4 is 0 Å². The van der Waals surface area contributed by atoms with Crippen LogP contribution in [-0.2, 0) is 31.9 Å². The molecule has 6 aliphatic heterocycles. The Bertz CT molecular complexity index is 1800. The fourth-order valence-electron chi connectivity index (χ4n) is 6.76. The first-order valence-electron chi connectivity index (χ1n) is 15.0. The van der Waals surface area contributed by atoms with Gasteiger partial charge < -0.3 is 28.4 Å². The number of ether oxygens (including phenoxy) is 2. The summed E-state index contributed by atoms with van der Waals surface area (Å²) >= 11 is 0. The number of carbonyl (C=O) groups excluding carboxylic acids is 2. The fraction of sp³-hybridized carbons (Fsp3) is 0.278. The molecule has 8 heterocycles. The molecule has 0 aliphatic carbocycles. The molecule has 0 saturated heterocycles. The molecule has 44 heavy (non-hydrogen) atoms. The molecule has 2 aromatic heterocycles. The van der Waals surface area contributed by atoms with Gasteiger partial charge in [0.2, 0.25) is 0 Å². The van der Waals surface area contributed by atoms with E-state index in [1.807, 2.05) is 12.4 Å². The maximum atomic E-state index is 13.2. The molecule has 2 unspecified atom stereocenters. The molecule has 2 atom stereocenters. The van der Waals surface area contributed by atoms with E-state index in [9.17, 15) is 9.59 Å². The zero-order valence-electron chi connectivity index (χ0n) is 25.5. The van der Waals surface area contributed by atoms with E-state index in [0.717, 1.165) is 45.8 Å². The highest BCUT2D eigenvalue weighted by Crippen LogP contribution is 2.36. The summed E-state index contributed by atoms with van der Waals surface area (Å²) in [5.74, 6) is -0.674. The van der Waals surface area contributed by atoms with Crippen molar-refractivity contribution in [2.75, 3.05) is 27.3 Å². The molecule has 0 fully saturated rings. The average molecular weight is 589 g/mol. The van der Waals surface area contributed by atoms with E-state index in [2.05, 4.69) is 106 Å². The Morgan fingerprint density at radius 1 is 0.682 bits per heavy atom. The second-order valence-electron chi connectivity index (χ2n) is 11.9. The van der Waals surface area contributed by atoms with Crippen molar-refractivity contribution in [1.29, 1.82) is 0 Å². The number of esters is 2. The van der Waals surface area contributed by atoms with Crippen LogP contribution in [0.15, 0.2) is 96.9 Å². The van der Waals surface area contributed by atoms with Gasteiger partial charge in [-0.15, -0.1) is 0 Å². The van der Waals surface area contributed by atoms with Crippen LogP contribution >= 0.6 is 0 Å². The predicted octanol–water partition coefficient (Wildman–Crippen LogP) is 5.87. The molecule has 0 amide bonds. The second-order valence-corrected chi connectivity index (χ2v) is 11.9. The van der Waals surface area contributed by atoms with Crippen LogP contribution in [-0.4, -0.2) is 58.2 Å². The Balaban J connectivity index is 1.39. The third-order valence-corrected chi connectivity index (χ3v) is 9.03. The summed E-state index contributed by atoms with van der Waals surface area (Å²) in [5, 5.41) is 2.29. The van der Waals surface area contributed by atoms with Crippen LogP contribution in [0, 0.1) is 13.8 Å². The summed E-state index contributed by atoms with van der Waals surface area (Å²) in [4.78, 5) is 30.5. The van der Waals surface area contributed by atoms with Gasteiger partial charge in [0.25, 0.3) is 0 Å². The highest BCUT2D eigenvalue weighted by atomic mass is 16.5. The topological polar surface area (TPSA) is 68.9 Å². The second kappa shape index (κ2) is 10.9. The van der Waals surface area contributed by atoms with Crippen molar-refractivity contribution in [3.05, 3.63) is 119 Å².